The molecule has 0 bridgehead atoms. The lowest BCUT2D eigenvalue weighted by Gasteiger charge is -2.40. The normalized spacial score (nSPS) is 15.5. The summed E-state index contributed by atoms with van der Waals surface area (Å²) in [6, 6.07) is 16.2. The molecule has 3 N–H and O–H groups in total. The summed E-state index contributed by atoms with van der Waals surface area (Å²) in [5, 5.41) is 18.8. The van der Waals surface area contributed by atoms with Crippen molar-refractivity contribution < 1.29 is 24.2 Å². The molecule has 9 heteroatoms. The number of carbonyl (C=O) groups excluding carboxylic acids is 2. The molecule has 5 rings (SSSR count). The third-order valence-corrected chi connectivity index (χ3v) is 6.98. The van der Waals surface area contributed by atoms with Gasteiger partial charge in [0.25, 0.3) is 0 Å². The van der Waals surface area contributed by atoms with E-state index in [1.165, 1.54) is 17.9 Å². The number of alkyl carbamates (subject to hydrolysis) is 1. The molecule has 9 nitrogen and oxygen atoms in total. The fraction of sp³-hybridized carbons (Fsp3) is 0.308. The number of aromatic carboxylic acids is 1. The molecular formula is C26H26N4O5. The minimum absolute atomic E-state index is 0.00241. The number of benzene rings is 2. The van der Waals surface area contributed by atoms with E-state index >= 15 is 0 Å². The Morgan fingerprint density at radius 1 is 1.09 bits per heavy atom. The number of fused-ring (bicyclic) bond motifs is 3. The Kier molecular flexibility index (Phi) is 5.76. The molecule has 3 aromatic rings. The quantitative estimate of drug-likeness (QED) is 0.483. The molecule has 0 saturated heterocycles. The van der Waals surface area contributed by atoms with Crippen LogP contribution in [0, 0.1) is 0 Å². The predicted octanol–water partition coefficient (Wildman–Crippen LogP) is 3.20. The lowest BCUT2D eigenvalue weighted by molar-refractivity contribution is -0.131. The molecule has 0 spiro atoms. The van der Waals surface area contributed by atoms with Crippen LogP contribution in [-0.4, -0.2) is 45.0 Å². The lowest BCUT2D eigenvalue weighted by Crippen LogP contribution is -2.62. The van der Waals surface area contributed by atoms with Gasteiger partial charge in [0.15, 0.2) is 5.69 Å². The van der Waals surface area contributed by atoms with Gasteiger partial charge in [-0.25, -0.2) is 9.59 Å². The number of ether oxygens (including phenoxy) is 1. The van der Waals surface area contributed by atoms with E-state index in [2.05, 4.69) is 27.9 Å². The highest BCUT2D eigenvalue weighted by Crippen LogP contribution is 2.44. The van der Waals surface area contributed by atoms with E-state index < -0.39 is 17.6 Å². The van der Waals surface area contributed by atoms with Crippen LogP contribution in [0.4, 0.5) is 4.79 Å². The molecule has 0 unspecified atom stereocenters. The maximum absolute atomic E-state index is 13.0. The van der Waals surface area contributed by atoms with Gasteiger partial charge in [0.2, 0.25) is 5.91 Å². The fourth-order valence-corrected chi connectivity index (χ4v) is 5.00. The average Bonchev–Trinajstić information content (AvgIpc) is 3.36. The van der Waals surface area contributed by atoms with Gasteiger partial charge in [-0.3, -0.25) is 9.48 Å². The first kappa shape index (κ1) is 22.6. The maximum Gasteiger partial charge on any atom is 0.408 e. The van der Waals surface area contributed by atoms with E-state index in [1.54, 1.807) is 0 Å². The number of nitrogens with one attached hydrogen (secondary N) is 2. The topological polar surface area (TPSA) is 123 Å². The summed E-state index contributed by atoms with van der Waals surface area (Å²) in [4.78, 5) is 37.2. The van der Waals surface area contributed by atoms with Crippen molar-refractivity contribution in [3.63, 3.8) is 0 Å². The molecule has 1 heterocycles. The van der Waals surface area contributed by atoms with E-state index in [0.717, 1.165) is 28.7 Å². The van der Waals surface area contributed by atoms with E-state index in [4.69, 9.17) is 4.74 Å². The van der Waals surface area contributed by atoms with Crippen LogP contribution >= 0.6 is 0 Å². The van der Waals surface area contributed by atoms with Crippen molar-refractivity contribution in [2.45, 2.75) is 37.3 Å². The molecule has 2 amide bonds. The molecule has 180 valence electrons. The fourth-order valence-electron chi connectivity index (χ4n) is 5.00. The van der Waals surface area contributed by atoms with Crippen LogP contribution in [0.2, 0.25) is 0 Å². The predicted molar refractivity (Wildman–Crippen MR) is 127 cm³/mol. The molecule has 0 aliphatic heterocycles. The van der Waals surface area contributed by atoms with Crippen molar-refractivity contribution in [3.05, 3.63) is 77.1 Å². The number of hydrogen-bond donors (Lipinski definition) is 3. The summed E-state index contributed by atoms with van der Waals surface area (Å²) in [7, 11) is 1.53. The SMILES string of the molecule is Cn1ncc(CNC(=O)C2(NC(=O)OCC3c4ccccc4-c4ccccc43)CCC2)c1C(=O)O. The second kappa shape index (κ2) is 8.90. The summed E-state index contributed by atoms with van der Waals surface area (Å²) >= 11 is 0. The zero-order chi connectivity index (χ0) is 24.6. The summed E-state index contributed by atoms with van der Waals surface area (Å²) < 4.78 is 6.86. The van der Waals surface area contributed by atoms with Crippen LogP contribution in [0.25, 0.3) is 11.1 Å². The van der Waals surface area contributed by atoms with Crippen molar-refractivity contribution >= 4 is 18.0 Å². The van der Waals surface area contributed by atoms with Gasteiger partial charge in [-0.2, -0.15) is 5.10 Å². The largest absolute Gasteiger partial charge is 0.477 e. The number of aryl methyl sites for hydroxylation is 1. The second-order valence-corrected chi connectivity index (χ2v) is 9.02. The van der Waals surface area contributed by atoms with Crippen LogP contribution in [0.5, 0.6) is 0 Å². The van der Waals surface area contributed by atoms with Gasteiger partial charge in [-0.1, -0.05) is 48.5 Å². The third-order valence-electron chi connectivity index (χ3n) is 6.98. The van der Waals surface area contributed by atoms with Gasteiger partial charge in [-0.15, -0.1) is 0 Å². The van der Waals surface area contributed by atoms with Gasteiger partial charge in [0, 0.05) is 25.1 Å². The van der Waals surface area contributed by atoms with Crippen LogP contribution < -0.4 is 10.6 Å². The second-order valence-electron chi connectivity index (χ2n) is 9.02. The van der Waals surface area contributed by atoms with Crippen LogP contribution in [-0.2, 0) is 23.1 Å². The van der Waals surface area contributed by atoms with Gasteiger partial charge in [-0.05, 0) is 41.5 Å². The van der Waals surface area contributed by atoms with Gasteiger partial charge >= 0.3 is 12.1 Å². The molecule has 1 fully saturated rings. The first-order valence-electron chi connectivity index (χ1n) is 11.6. The first-order chi connectivity index (χ1) is 16.9. The molecule has 2 aromatic carbocycles. The number of carboxylic acids is 1. The van der Waals surface area contributed by atoms with Crippen LogP contribution in [0.15, 0.2) is 54.7 Å². The summed E-state index contributed by atoms with van der Waals surface area (Å²) in [6.07, 6.45) is 2.54. The zero-order valence-electron chi connectivity index (χ0n) is 19.3. The Labute approximate surface area is 202 Å². The molecular weight excluding hydrogens is 448 g/mol. The van der Waals surface area contributed by atoms with Gasteiger partial charge in [0.05, 0.1) is 6.20 Å². The molecule has 1 saturated carbocycles. The monoisotopic (exact) mass is 474 g/mol. The highest BCUT2D eigenvalue weighted by molar-refractivity contribution is 5.91. The number of aromatic nitrogens is 2. The maximum atomic E-state index is 13.0. The molecule has 0 radical (unpaired) electrons. The molecule has 1 aromatic heterocycles. The number of amides is 2. The number of carboxylic acid groups (broad SMARTS) is 1. The summed E-state index contributed by atoms with van der Waals surface area (Å²) in [5.41, 5.74) is 3.85. The van der Waals surface area contributed by atoms with Crippen molar-refractivity contribution in [1.29, 1.82) is 0 Å². The number of rotatable bonds is 7. The van der Waals surface area contributed by atoms with E-state index in [0.29, 0.717) is 18.4 Å². The standard InChI is InChI=1S/C26H26N4O5/c1-30-22(23(31)32)16(14-28-30)13-27-24(33)26(11-6-12-26)29-25(34)35-15-21-19-9-4-2-7-17(19)18-8-3-5-10-20(18)21/h2-5,7-10,14,21H,6,11-13,15H2,1H3,(H,27,33)(H,29,34)(H,31,32). The summed E-state index contributed by atoms with van der Waals surface area (Å²) in [6.45, 7) is 0.164. The van der Waals surface area contributed by atoms with E-state index in [1.807, 2.05) is 36.4 Å². The van der Waals surface area contributed by atoms with Crippen molar-refractivity contribution in [2.24, 2.45) is 7.05 Å². The molecule has 2 aliphatic carbocycles. The number of nitrogens with zero attached hydrogens (tertiary/aromatic N) is 2. The smallest absolute Gasteiger partial charge is 0.408 e. The third kappa shape index (κ3) is 4.03. The van der Waals surface area contributed by atoms with Crippen LogP contribution in [0.1, 0.15) is 52.4 Å². The Balaban J connectivity index is 1.22. The highest BCUT2D eigenvalue weighted by atomic mass is 16.5. The Morgan fingerprint density at radius 3 is 2.29 bits per heavy atom. The van der Waals surface area contributed by atoms with Crippen molar-refractivity contribution in [1.82, 2.24) is 20.4 Å². The van der Waals surface area contributed by atoms with E-state index in [9.17, 15) is 19.5 Å². The Hall–Kier alpha value is -4.14. The zero-order valence-corrected chi connectivity index (χ0v) is 19.3. The molecule has 35 heavy (non-hydrogen) atoms. The average molecular weight is 475 g/mol. The Bertz CT molecular complexity index is 1270. The van der Waals surface area contributed by atoms with E-state index in [-0.39, 0.29) is 30.7 Å². The minimum atomic E-state index is -1.12. The van der Waals surface area contributed by atoms with Crippen molar-refractivity contribution in [2.75, 3.05) is 6.61 Å². The molecule has 2 aliphatic rings. The summed E-state index contributed by atoms with van der Waals surface area (Å²) in [5.74, 6) is -1.55. The van der Waals surface area contributed by atoms with Crippen molar-refractivity contribution in [3.8, 4) is 11.1 Å². The minimum Gasteiger partial charge on any atom is -0.477 e. The Morgan fingerprint density at radius 2 is 1.71 bits per heavy atom. The number of carbonyl (C=O) groups is 3. The lowest BCUT2D eigenvalue weighted by atomic mass is 9.76. The van der Waals surface area contributed by atoms with Crippen LogP contribution in [0.3, 0.4) is 0 Å². The molecule has 0 atom stereocenters. The highest BCUT2D eigenvalue weighted by Gasteiger charge is 2.46. The number of hydrogen-bond acceptors (Lipinski definition) is 5. The van der Waals surface area contributed by atoms with Gasteiger partial charge in [0.1, 0.15) is 12.1 Å². The first-order valence-corrected chi connectivity index (χ1v) is 11.6. The van der Waals surface area contributed by atoms with Gasteiger partial charge < -0.3 is 20.5 Å².